The third-order valence-corrected chi connectivity index (χ3v) is 3.88. The minimum absolute atomic E-state index is 0.00773. The molecule has 0 amide bonds. The quantitative estimate of drug-likeness (QED) is 0.751. The van der Waals surface area contributed by atoms with Crippen molar-refractivity contribution in [3.63, 3.8) is 0 Å². The minimum Gasteiger partial charge on any atom is -0.508 e. The van der Waals surface area contributed by atoms with E-state index in [0.717, 1.165) is 11.3 Å². The Morgan fingerprint density at radius 2 is 1.48 bits per heavy atom. The predicted molar refractivity (Wildman–Crippen MR) is 100 cm³/mol. The molecule has 2 N–H and O–H groups in total. The van der Waals surface area contributed by atoms with Gasteiger partial charge in [-0.25, -0.2) is 0 Å². The fraction of sp³-hybridized carbons (Fsp3) is 0.381. The maximum Gasteiger partial charge on any atom is 0.152 e. The zero-order valence-electron chi connectivity index (χ0n) is 15.3. The van der Waals surface area contributed by atoms with Gasteiger partial charge in [-0.2, -0.15) is 0 Å². The number of Topliss-reactive ketones (excluding diaryl/α,β-unsaturated/α-hetero) is 1. The molecular weight excluding hydrogens is 314 g/mol. The summed E-state index contributed by atoms with van der Waals surface area (Å²) < 4.78 is 5.75. The SMILES string of the molecule is CC(C)NC(Cc1ccc(Oc2ccc(O)cc2)cc1)C(=O)C(C)C. The normalized spacial score (nSPS) is 12.4. The average Bonchev–Trinajstić information content (AvgIpc) is 2.57. The van der Waals surface area contributed by atoms with Crippen LogP contribution >= 0.6 is 0 Å². The van der Waals surface area contributed by atoms with Gasteiger partial charge in [0.25, 0.3) is 0 Å². The van der Waals surface area contributed by atoms with Gasteiger partial charge in [0.2, 0.25) is 0 Å². The maximum atomic E-state index is 12.4. The topological polar surface area (TPSA) is 58.6 Å². The molecule has 2 aromatic carbocycles. The summed E-state index contributed by atoms with van der Waals surface area (Å²) in [5.74, 6) is 1.84. The summed E-state index contributed by atoms with van der Waals surface area (Å²) >= 11 is 0. The molecule has 0 aromatic heterocycles. The van der Waals surface area contributed by atoms with Crippen molar-refractivity contribution in [2.75, 3.05) is 0 Å². The standard InChI is InChI=1S/C21H27NO3/c1-14(2)21(24)20(22-15(3)4)13-16-5-9-18(10-6-16)25-19-11-7-17(23)8-12-19/h5-12,14-15,20,22-23H,13H2,1-4H3. The van der Waals surface area contributed by atoms with Crippen LogP contribution in [0.5, 0.6) is 17.2 Å². The van der Waals surface area contributed by atoms with Crippen LogP contribution in [0.25, 0.3) is 0 Å². The van der Waals surface area contributed by atoms with Crippen LogP contribution in [0.3, 0.4) is 0 Å². The van der Waals surface area contributed by atoms with Crippen LogP contribution in [0.15, 0.2) is 48.5 Å². The van der Waals surface area contributed by atoms with Gasteiger partial charge in [0.1, 0.15) is 17.2 Å². The van der Waals surface area contributed by atoms with Gasteiger partial charge in [0.15, 0.2) is 5.78 Å². The fourth-order valence-corrected chi connectivity index (χ4v) is 2.63. The van der Waals surface area contributed by atoms with Crippen LogP contribution in [0.4, 0.5) is 0 Å². The highest BCUT2D eigenvalue weighted by molar-refractivity contribution is 5.86. The van der Waals surface area contributed by atoms with E-state index in [9.17, 15) is 9.90 Å². The zero-order valence-corrected chi connectivity index (χ0v) is 15.3. The molecule has 0 bridgehead atoms. The summed E-state index contributed by atoms with van der Waals surface area (Å²) in [6.07, 6.45) is 0.661. The number of ketones is 1. The van der Waals surface area contributed by atoms with Crippen molar-refractivity contribution < 1.29 is 14.6 Å². The molecule has 0 fully saturated rings. The van der Waals surface area contributed by atoms with E-state index in [-0.39, 0.29) is 29.5 Å². The Kier molecular flexibility index (Phi) is 6.59. The largest absolute Gasteiger partial charge is 0.508 e. The summed E-state index contributed by atoms with van der Waals surface area (Å²) in [6, 6.07) is 14.4. The molecule has 4 nitrogen and oxygen atoms in total. The van der Waals surface area contributed by atoms with Gasteiger partial charge in [0, 0.05) is 12.0 Å². The number of carbonyl (C=O) groups excluding carboxylic acids is 1. The van der Waals surface area contributed by atoms with Crippen molar-refractivity contribution in [3.05, 3.63) is 54.1 Å². The predicted octanol–water partition coefficient (Wildman–Crippen LogP) is 4.32. The molecule has 0 heterocycles. The second-order valence-corrected chi connectivity index (χ2v) is 6.88. The van der Waals surface area contributed by atoms with E-state index < -0.39 is 0 Å². The van der Waals surface area contributed by atoms with Crippen LogP contribution in [0, 0.1) is 5.92 Å². The molecule has 2 aromatic rings. The summed E-state index contributed by atoms with van der Waals surface area (Å²) in [5.41, 5.74) is 1.09. The molecule has 0 spiro atoms. The van der Waals surface area contributed by atoms with Crippen molar-refractivity contribution in [1.29, 1.82) is 0 Å². The number of phenolic OH excluding ortho intramolecular Hbond substituents is 1. The Morgan fingerprint density at radius 3 is 1.96 bits per heavy atom. The van der Waals surface area contributed by atoms with Crippen molar-refractivity contribution in [2.24, 2.45) is 5.92 Å². The highest BCUT2D eigenvalue weighted by Crippen LogP contribution is 2.24. The Balaban J connectivity index is 2.04. The van der Waals surface area contributed by atoms with Crippen molar-refractivity contribution in [3.8, 4) is 17.2 Å². The first-order valence-corrected chi connectivity index (χ1v) is 8.70. The molecule has 0 aliphatic heterocycles. The second-order valence-electron chi connectivity index (χ2n) is 6.88. The number of hydrogen-bond donors (Lipinski definition) is 2. The lowest BCUT2D eigenvalue weighted by molar-refractivity contribution is -0.124. The molecule has 0 aliphatic carbocycles. The molecule has 134 valence electrons. The molecule has 2 rings (SSSR count). The number of benzene rings is 2. The Morgan fingerprint density at radius 1 is 0.960 bits per heavy atom. The minimum atomic E-state index is -0.177. The molecule has 1 atom stereocenters. The molecule has 4 heteroatoms. The third kappa shape index (κ3) is 5.91. The first kappa shape index (κ1) is 19.0. The van der Waals surface area contributed by atoms with E-state index >= 15 is 0 Å². The lowest BCUT2D eigenvalue weighted by atomic mass is 9.95. The molecule has 0 aliphatic rings. The number of ether oxygens (including phenoxy) is 1. The molecule has 0 radical (unpaired) electrons. The first-order valence-electron chi connectivity index (χ1n) is 8.70. The number of phenols is 1. The van der Waals surface area contributed by atoms with Gasteiger partial charge in [-0.15, -0.1) is 0 Å². The van der Waals surface area contributed by atoms with Crippen LogP contribution in [-0.4, -0.2) is 23.0 Å². The number of rotatable bonds is 8. The lowest BCUT2D eigenvalue weighted by Crippen LogP contribution is -2.44. The first-order chi connectivity index (χ1) is 11.8. The molecule has 0 saturated carbocycles. The van der Waals surface area contributed by atoms with Crippen LogP contribution < -0.4 is 10.1 Å². The van der Waals surface area contributed by atoms with Gasteiger partial charge in [-0.1, -0.05) is 39.8 Å². The van der Waals surface area contributed by atoms with E-state index in [1.54, 1.807) is 24.3 Å². The Labute approximate surface area is 149 Å². The average molecular weight is 341 g/mol. The number of nitrogens with one attached hydrogen (secondary N) is 1. The highest BCUT2D eigenvalue weighted by atomic mass is 16.5. The summed E-state index contributed by atoms with van der Waals surface area (Å²) in [5, 5.41) is 12.7. The van der Waals surface area contributed by atoms with Gasteiger partial charge in [-0.05, 0) is 48.4 Å². The second kappa shape index (κ2) is 8.67. The van der Waals surface area contributed by atoms with Crippen LogP contribution in [-0.2, 0) is 11.2 Å². The smallest absolute Gasteiger partial charge is 0.152 e. The van der Waals surface area contributed by atoms with Gasteiger partial charge in [0.05, 0.1) is 6.04 Å². The summed E-state index contributed by atoms with van der Waals surface area (Å²) in [6.45, 7) is 7.97. The monoisotopic (exact) mass is 341 g/mol. The maximum absolute atomic E-state index is 12.4. The molecule has 1 unspecified atom stereocenters. The van der Waals surface area contributed by atoms with Crippen LogP contribution in [0.1, 0.15) is 33.3 Å². The van der Waals surface area contributed by atoms with E-state index in [4.69, 9.17) is 4.74 Å². The van der Waals surface area contributed by atoms with E-state index in [2.05, 4.69) is 19.2 Å². The Bertz CT molecular complexity index is 675. The van der Waals surface area contributed by atoms with Crippen molar-refractivity contribution in [2.45, 2.75) is 46.2 Å². The highest BCUT2D eigenvalue weighted by Gasteiger charge is 2.22. The fourth-order valence-electron chi connectivity index (χ4n) is 2.63. The van der Waals surface area contributed by atoms with E-state index in [1.807, 2.05) is 38.1 Å². The van der Waals surface area contributed by atoms with E-state index in [0.29, 0.717) is 12.2 Å². The van der Waals surface area contributed by atoms with E-state index in [1.165, 1.54) is 0 Å². The number of carbonyl (C=O) groups is 1. The zero-order chi connectivity index (χ0) is 18.4. The molecule has 0 saturated heterocycles. The lowest BCUT2D eigenvalue weighted by Gasteiger charge is -2.22. The summed E-state index contributed by atoms with van der Waals surface area (Å²) in [7, 11) is 0. The Hall–Kier alpha value is -2.33. The number of aromatic hydroxyl groups is 1. The van der Waals surface area contributed by atoms with Gasteiger partial charge < -0.3 is 15.2 Å². The van der Waals surface area contributed by atoms with Crippen molar-refractivity contribution in [1.82, 2.24) is 5.32 Å². The van der Waals surface area contributed by atoms with Crippen LogP contribution in [0.2, 0.25) is 0 Å². The van der Waals surface area contributed by atoms with Crippen molar-refractivity contribution >= 4 is 5.78 Å². The van der Waals surface area contributed by atoms with Gasteiger partial charge in [-0.3, -0.25) is 4.79 Å². The van der Waals surface area contributed by atoms with Gasteiger partial charge >= 0.3 is 0 Å². The molecule has 25 heavy (non-hydrogen) atoms. The summed E-state index contributed by atoms with van der Waals surface area (Å²) in [4.78, 5) is 12.4. The third-order valence-electron chi connectivity index (χ3n) is 3.88. The molecular formula is C21H27NO3. The number of hydrogen-bond acceptors (Lipinski definition) is 4.